The van der Waals surface area contributed by atoms with E-state index in [0.29, 0.717) is 19.8 Å². The predicted molar refractivity (Wildman–Crippen MR) is 43.0 cm³/mol. The normalized spacial score (nSPS) is 10.7. The second kappa shape index (κ2) is 9.46. The summed E-state index contributed by atoms with van der Waals surface area (Å²) in [5.74, 6) is 0. The van der Waals surface area contributed by atoms with Crippen LogP contribution in [0.5, 0.6) is 0 Å². The molecule has 0 N–H and O–H groups in total. The highest BCUT2D eigenvalue weighted by molar-refractivity contribution is 4.72. The van der Waals surface area contributed by atoms with Crippen LogP contribution in [0.25, 0.3) is 0 Å². The summed E-state index contributed by atoms with van der Waals surface area (Å²) in [4.78, 5) is 9.42. The highest BCUT2D eigenvalue weighted by atomic mass is 17.2. The van der Waals surface area contributed by atoms with Crippen LogP contribution in [0.4, 0.5) is 0 Å². The summed E-state index contributed by atoms with van der Waals surface area (Å²) in [6.07, 6.45) is 4.40. The summed E-state index contributed by atoms with van der Waals surface area (Å²) in [5, 5.41) is 0. The van der Waals surface area contributed by atoms with Crippen LogP contribution in [0.15, 0.2) is 12.3 Å². The summed E-state index contributed by atoms with van der Waals surface area (Å²) < 4.78 is 4.96. The Kier molecular flexibility index (Phi) is 9.00. The molecule has 0 aliphatic rings. The van der Waals surface area contributed by atoms with Crippen LogP contribution in [0.1, 0.15) is 20.3 Å². The van der Waals surface area contributed by atoms with E-state index in [1.54, 1.807) is 6.26 Å². The van der Waals surface area contributed by atoms with Gasteiger partial charge in [0.2, 0.25) is 0 Å². The molecule has 0 aromatic heterocycles. The molecule has 0 amide bonds. The van der Waals surface area contributed by atoms with Crippen molar-refractivity contribution in [1.82, 2.24) is 0 Å². The average molecular weight is 160 g/mol. The largest absolute Gasteiger partial charge is 0.502 e. The van der Waals surface area contributed by atoms with Crippen molar-refractivity contribution in [1.29, 1.82) is 0 Å². The molecule has 0 saturated heterocycles. The van der Waals surface area contributed by atoms with Crippen LogP contribution in [0, 0.1) is 0 Å². The topological polar surface area (TPSA) is 27.7 Å². The highest BCUT2D eigenvalue weighted by Gasteiger charge is 1.82. The first kappa shape index (κ1) is 10.5. The van der Waals surface area contributed by atoms with Crippen molar-refractivity contribution in [2.75, 3.05) is 19.8 Å². The number of hydrogen-bond acceptors (Lipinski definition) is 3. The minimum atomic E-state index is 0.581. The molecule has 0 aliphatic heterocycles. The maximum Gasteiger partial charge on any atom is 0.0858 e. The standard InChI is InChI=1S/C8H16O3/c1-3-9-7-5-6-8-11-10-4-2/h5,7H,3-4,6,8H2,1-2H3. The average Bonchev–Trinajstić information content (AvgIpc) is 2.03. The predicted octanol–water partition coefficient (Wildman–Crippen LogP) is 1.89. The Morgan fingerprint density at radius 2 is 1.91 bits per heavy atom. The van der Waals surface area contributed by atoms with Crippen LogP contribution < -0.4 is 0 Å². The molecule has 0 aliphatic carbocycles. The Labute approximate surface area is 67.9 Å². The van der Waals surface area contributed by atoms with Crippen molar-refractivity contribution in [3.63, 3.8) is 0 Å². The van der Waals surface area contributed by atoms with E-state index in [4.69, 9.17) is 9.62 Å². The van der Waals surface area contributed by atoms with E-state index in [1.165, 1.54) is 0 Å². The van der Waals surface area contributed by atoms with Gasteiger partial charge in [-0.3, -0.25) is 0 Å². The summed E-state index contributed by atoms with van der Waals surface area (Å²) in [6.45, 7) is 5.71. The van der Waals surface area contributed by atoms with Crippen molar-refractivity contribution in [2.45, 2.75) is 20.3 Å². The van der Waals surface area contributed by atoms with E-state index in [0.717, 1.165) is 6.42 Å². The smallest absolute Gasteiger partial charge is 0.0858 e. The van der Waals surface area contributed by atoms with Gasteiger partial charge < -0.3 is 4.74 Å². The molecule has 3 heteroatoms. The zero-order chi connectivity index (χ0) is 8.36. The van der Waals surface area contributed by atoms with Gasteiger partial charge in [-0.1, -0.05) is 0 Å². The minimum absolute atomic E-state index is 0.581. The number of hydrogen-bond donors (Lipinski definition) is 0. The summed E-state index contributed by atoms with van der Waals surface area (Å²) in [5.41, 5.74) is 0. The maximum atomic E-state index is 4.96. The van der Waals surface area contributed by atoms with Gasteiger partial charge in [0.1, 0.15) is 0 Å². The Hall–Kier alpha value is -0.540. The fraction of sp³-hybridized carbons (Fsp3) is 0.750. The molecule has 0 rings (SSSR count). The molecular formula is C8H16O3. The molecule has 0 aromatic rings. The fourth-order valence-corrected chi connectivity index (χ4v) is 0.491. The Morgan fingerprint density at radius 3 is 2.55 bits per heavy atom. The second-order valence-electron chi connectivity index (χ2n) is 1.84. The van der Waals surface area contributed by atoms with Gasteiger partial charge in [0.25, 0.3) is 0 Å². The molecule has 0 bridgehead atoms. The van der Waals surface area contributed by atoms with Crippen LogP contribution in [0.2, 0.25) is 0 Å². The van der Waals surface area contributed by atoms with E-state index in [9.17, 15) is 0 Å². The third-order valence-corrected chi connectivity index (χ3v) is 0.928. The number of ether oxygens (including phenoxy) is 1. The van der Waals surface area contributed by atoms with E-state index >= 15 is 0 Å². The Balaban J connectivity index is 2.89. The molecule has 0 aromatic carbocycles. The minimum Gasteiger partial charge on any atom is -0.502 e. The van der Waals surface area contributed by atoms with Crippen molar-refractivity contribution >= 4 is 0 Å². The van der Waals surface area contributed by atoms with E-state index in [1.807, 2.05) is 19.9 Å². The van der Waals surface area contributed by atoms with Gasteiger partial charge in [-0.05, 0) is 26.3 Å². The van der Waals surface area contributed by atoms with Crippen molar-refractivity contribution < 1.29 is 14.5 Å². The molecule has 0 unspecified atom stereocenters. The van der Waals surface area contributed by atoms with Crippen molar-refractivity contribution in [3.8, 4) is 0 Å². The van der Waals surface area contributed by atoms with Gasteiger partial charge in [0.15, 0.2) is 0 Å². The van der Waals surface area contributed by atoms with Gasteiger partial charge >= 0.3 is 0 Å². The van der Waals surface area contributed by atoms with Gasteiger partial charge in [-0.15, -0.1) is 0 Å². The first-order valence-corrected chi connectivity index (χ1v) is 3.92. The highest BCUT2D eigenvalue weighted by Crippen LogP contribution is 1.87. The molecule has 66 valence electrons. The fourth-order valence-electron chi connectivity index (χ4n) is 0.491. The van der Waals surface area contributed by atoms with Crippen LogP contribution in [-0.2, 0) is 14.5 Å². The van der Waals surface area contributed by atoms with Gasteiger partial charge in [-0.25, -0.2) is 9.78 Å². The lowest BCUT2D eigenvalue weighted by Gasteiger charge is -1.97. The SMILES string of the molecule is CCOC=CCCOOCC. The second-order valence-corrected chi connectivity index (χ2v) is 1.84. The third kappa shape index (κ3) is 9.46. The van der Waals surface area contributed by atoms with Gasteiger partial charge in [0.05, 0.1) is 26.1 Å². The molecular weight excluding hydrogens is 144 g/mol. The summed E-state index contributed by atoms with van der Waals surface area (Å²) in [6, 6.07) is 0. The molecule has 3 nitrogen and oxygen atoms in total. The monoisotopic (exact) mass is 160 g/mol. The van der Waals surface area contributed by atoms with Crippen molar-refractivity contribution in [3.05, 3.63) is 12.3 Å². The molecule has 0 fully saturated rings. The molecule has 0 radical (unpaired) electrons. The van der Waals surface area contributed by atoms with Gasteiger partial charge in [0, 0.05) is 0 Å². The van der Waals surface area contributed by atoms with Gasteiger partial charge in [-0.2, -0.15) is 0 Å². The van der Waals surface area contributed by atoms with Crippen LogP contribution >= 0.6 is 0 Å². The van der Waals surface area contributed by atoms with Crippen LogP contribution in [0.3, 0.4) is 0 Å². The zero-order valence-corrected chi connectivity index (χ0v) is 7.21. The quantitative estimate of drug-likeness (QED) is 0.246. The lowest BCUT2D eigenvalue weighted by atomic mass is 10.4. The summed E-state index contributed by atoms with van der Waals surface area (Å²) in [7, 11) is 0. The maximum absolute atomic E-state index is 4.96. The molecule has 0 spiro atoms. The number of rotatable bonds is 7. The first-order valence-electron chi connectivity index (χ1n) is 3.92. The molecule has 11 heavy (non-hydrogen) atoms. The molecule has 0 atom stereocenters. The summed E-state index contributed by atoms with van der Waals surface area (Å²) >= 11 is 0. The lowest BCUT2D eigenvalue weighted by molar-refractivity contribution is -0.290. The van der Waals surface area contributed by atoms with E-state index < -0.39 is 0 Å². The first-order chi connectivity index (χ1) is 5.41. The lowest BCUT2D eigenvalue weighted by Crippen LogP contribution is -1.94. The van der Waals surface area contributed by atoms with Crippen LogP contribution in [-0.4, -0.2) is 19.8 Å². The Bertz CT molecular complexity index is 91.3. The van der Waals surface area contributed by atoms with E-state index in [-0.39, 0.29) is 0 Å². The third-order valence-electron chi connectivity index (χ3n) is 0.928. The molecule has 0 heterocycles. The molecule has 0 saturated carbocycles. The zero-order valence-electron chi connectivity index (χ0n) is 7.21. The Morgan fingerprint density at radius 1 is 1.09 bits per heavy atom. The van der Waals surface area contributed by atoms with E-state index in [2.05, 4.69) is 4.89 Å². The van der Waals surface area contributed by atoms with Crippen molar-refractivity contribution in [2.24, 2.45) is 0 Å².